The Hall–Kier alpha value is -2.65. The summed E-state index contributed by atoms with van der Waals surface area (Å²) in [7, 11) is -3.77. The van der Waals surface area contributed by atoms with Crippen LogP contribution < -0.4 is 4.72 Å². The van der Waals surface area contributed by atoms with E-state index in [-0.39, 0.29) is 41.0 Å². The second-order valence-electron chi connectivity index (χ2n) is 5.57. The Morgan fingerprint density at radius 1 is 1.08 bits per heavy atom. The van der Waals surface area contributed by atoms with Crippen molar-refractivity contribution in [3.05, 3.63) is 65.6 Å². The molecule has 0 bridgehead atoms. The number of hydrogen-bond donors (Lipinski definition) is 1. The third kappa shape index (κ3) is 4.12. The van der Waals surface area contributed by atoms with Crippen LogP contribution in [0, 0.1) is 18.6 Å². The molecule has 0 amide bonds. The molecule has 0 aliphatic carbocycles. The lowest BCUT2D eigenvalue weighted by Crippen LogP contribution is -2.26. The molecule has 0 aliphatic heterocycles. The molecule has 1 heterocycles. The molecule has 26 heavy (non-hydrogen) atoms. The highest BCUT2D eigenvalue weighted by Crippen LogP contribution is 2.18. The molecule has 3 rings (SSSR count). The number of nitrogens with one attached hydrogen (secondary N) is 1. The summed E-state index contributed by atoms with van der Waals surface area (Å²) >= 11 is 0. The standard InChI is InChI=1S/C17H15F2N3O3S/c1-11-10-14(6-7-15(11)19)26(23,24)20-9-8-16-21-22-17(25-16)12-2-4-13(18)5-3-12/h2-7,10,20H,8-9H2,1H3. The highest BCUT2D eigenvalue weighted by molar-refractivity contribution is 7.89. The summed E-state index contributed by atoms with van der Waals surface area (Å²) < 4.78 is 58.4. The van der Waals surface area contributed by atoms with Crippen molar-refractivity contribution in [3.8, 4) is 11.5 Å². The zero-order valence-corrected chi connectivity index (χ0v) is 14.6. The summed E-state index contributed by atoms with van der Waals surface area (Å²) in [5, 5.41) is 7.69. The van der Waals surface area contributed by atoms with E-state index in [1.807, 2.05) is 0 Å². The summed E-state index contributed by atoms with van der Waals surface area (Å²) in [4.78, 5) is -0.0195. The van der Waals surface area contributed by atoms with Crippen LogP contribution in [-0.2, 0) is 16.4 Å². The molecule has 136 valence electrons. The fraction of sp³-hybridized carbons (Fsp3) is 0.176. The molecule has 3 aromatic rings. The smallest absolute Gasteiger partial charge is 0.247 e. The van der Waals surface area contributed by atoms with Crippen molar-refractivity contribution < 1.29 is 21.6 Å². The zero-order valence-electron chi connectivity index (χ0n) is 13.7. The SMILES string of the molecule is Cc1cc(S(=O)(=O)NCCc2nnc(-c3ccc(F)cc3)o2)ccc1F. The minimum Gasteiger partial charge on any atom is -0.421 e. The molecule has 0 atom stereocenters. The van der Waals surface area contributed by atoms with Crippen molar-refractivity contribution in [3.63, 3.8) is 0 Å². The number of aryl methyl sites for hydroxylation is 1. The van der Waals surface area contributed by atoms with Crippen LogP contribution in [0.3, 0.4) is 0 Å². The largest absolute Gasteiger partial charge is 0.421 e. The maximum atomic E-state index is 13.3. The molecule has 0 saturated heterocycles. The van der Waals surface area contributed by atoms with Crippen LogP contribution in [0.2, 0.25) is 0 Å². The predicted octanol–water partition coefficient (Wildman–Crippen LogP) is 2.84. The van der Waals surface area contributed by atoms with E-state index >= 15 is 0 Å². The molecule has 0 unspecified atom stereocenters. The quantitative estimate of drug-likeness (QED) is 0.712. The predicted molar refractivity (Wildman–Crippen MR) is 89.7 cm³/mol. The van der Waals surface area contributed by atoms with E-state index in [1.54, 1.807) is 0 Å². The first-order valence-electron chi connectivity index (χ1n) is 7.69. The van der Waals surface area contributed by atoms with Crippen LogP contribution in [0.4, 0.5) is 8.78 Å². The van der Waals surface area contributed by atoms with E-state index in [2.05, 4.69) is 14.9 Å². The van der Waals surface area contributed by atoms with E-state index in [4.69, 9.17) is 4.42 Å². The lowest BCUT2D eigenvalue weighted by Gasteiger charge is -2.06. The topological polar surface area (TPSA) is 85.1 Å². The highest BCUT2D eigenvalue weighted by Gasteiger charge is 2.16. The number of halogens is 2. The van der Waals surface area contributed by atoms with Crippen molar-refractivity contribution in [2.24, 2.45) is 0 Å². The summed E-state index contributed by atoms with van der Waals surface area (Å²) in [5.41, 5.74) is 0.807. The van der Waals surface area contributed by atoms with Gasteiger partial charge >= 0.3 is 0 Å². The number of aromatic nitrogens is 2. The van der Waals surface area contributed by atoms with Gasteiger partial charge in [-0.2, -0.15) is 0 Å². The number of benzene rings is 2. The van der Waals surface area contributed by atoms with Crippen molar-refractivity contribution >= 4 is 10.0 Å². The van der Waals surface area contributed by atoms with Crippen LogP contribution in [0.5, 0.6) is 0 Å². The van der Waals surface area contributed by atoms with Gasteiger partial charge in [0.25, 0.3) is 0 Å². The molecule has 0 radical (unpaired) electrons. The van der Waals surface area contributed by atoms with E-state index in [0.717, 1.165) is 6.07 Å². The third-order valence-corrected chi connectivity index (χ3v) is 5.09. The molecule has 1 N–H and O–H groups in total. The first-order chi connectivity index (χ1) is 12.3. The first-order valence-corrected chi connectivity index (χ1v) is 9.17. The highest BCUT2D eigenvalue weighted by atomic mass is 32.2. The van der Waals surface area contributed by atoms with Crippen LogP contribution in [0.1, 0.15) is 11.5 Å². The van der Waals surface area contributed by atoms with Gasteiger partial charge in [-0.1, -0.05) is 0 Å². The average Bonchev–Trinajstić information content (AvgIpc) is 3.06. The maximum absolute atomic E-state index is 13.3. The normalized spacial score (nSPS) is 11.7. The average molecular weight is 379 g/mol. The monoisotopic (exact) mass is 379 g/mol. The second kappa shape index (κ2) is 7.30. The van der Waals surface area contributed by atoms with Crippen LogP contribution in [0.25, 0.3) is 11.5 Å². The van der Waals surface area contributed by atoms with Gasteiger partial charge in [-0.3, -0.25) is 0 Å². The summed E-state index contributed by atoms with van der Waals surface area (Å²) in [6.07, 6.45) is 0.174. The molecule has 1 aromatic heterocycles. The van der Waals surface area contributed by atoms with Crippen LogP contribution in [0.15, 0.2) is 51.8 Å². The van der Waals surface area contributed by atoms with Gasteiger partial charge in [0.2, 0.25) is 21.8 Å². The van der Waals surface area contributed by atoms with Crippen molar-refractivity contribution in [1.82, 2.24) is 14.9 Å². The lowest BCUT2D eigenvalue weighted by molar-refractivity contribution is 0.502. The number of sulfonamides is 1. The molecule has 9 heteroatoms. The fourth-order valence-corrected chi connectivity index (χ4v) is 3.34. The number of nitrogens with zero attached hydrogens (tertiary/aromatic N) is 2. The molecule has 2 aromatic carbocycles. The third-order valence-electron chi connectivity index (χ3n) is 3.63. The summed E-state index contributed by atoms with van der Waals surface area (Å²) in [5.74, 6) is -0.388. The number of hydrogen-bond acceptors (Lipinski definition) is 5. The molecule has 0 saturated carbocycles. The van der Waals surface area contributed by atoms with Gasteiger partial charge in [0.05, 0.1) is 4.90 Å². The molecule has 0 fully saturated rings. The van der Waals surface area contributed by atoms with Crippen molar-refractivity contribution in [1.29, 1.82) is 0 Å². The van der Waals surface area contributed by atoms with E-state index in [0.29, 0.717) is 5.56 Å². The first kappa shape index (κ1) is 18.2. The van der Waals surface area contributed by atoms with Gasteiger partial charge in [0.15, 0.2) is 0 Å². The van der Waals surface area contributed by atoms with Crippen molar-refractivity contribution in [2.45, 2.75) is 18.2 Å². The Labute approximate surface area is 148 Å². The van der Waals surface area contributed by atoms with Gasteiger partial charge in [0.1, 0.15) is 11.6 Å². The van der Waals surface area contributed by atoms with Crippen LogP contribution >= 0.6 is 0 Å². The van der Waals surface area contributed by atoms with E-state index in [1.165, 1.54) is 43.3 Å². The van der Waals surface area contributed by atoms with E-state index < -0.39 is 15.8 Å². The summed E-state index contributed by atoms with van der Waals surface area (Å²) in [6.45, 7) is 1.52. The van der Waals surface area contributed by atoms with Gasteiger partial charge < -0.3 is 4.42 Å². The fourth-order valence-electron chi connectivity index (χ4n) is 2.22. The van der Waals surface area contributed by atoms with Gasteiger partial charge in [-0.05, 0) is 55.0 Å². The van der Waals surface area contributed by atoms with Gasteiger partial charge in [0, 0.05) is 18.5 Å². The molecular weight excluding hydrogens is 364 g/mol. The Bertz CT molecular complexity index is 1020. The minimum atomic E-state index is -3.77. The Balaban J connectivity index is 1.62. The minimum absolute atomic E-state index is 0.0195. The Morgan fingerprint density at radius 2 is 1.81 bits per heavy atom. The Morgan fingerprint density at radius 3 is 2.50 bits per heavy atom. The summed E-state index contributed by atoms with van der Waals surface area (Å²) in [6, 6.07) is 9.13. The second-order valence-corrected chi connectivity index (χ2v) is 7.33. The molecule has 0 spiro atoms. The van der Waals surface area contributed by atoms with Gasteiger partial charge in [-0.25, -0.2) is 21.9 Å². The van der Waals surface area contributed by atoms with Gasteiger partial charge in [-0.15, -0.1) is 10.2 Å². The van der Waals surface area contributed by atoms with Crippen LogP contribution in [-0.4, -0.2) is 25.2 Å². The van der Waals surface area contributed by atoms with E-state index in [9.17, 15) is 17.2 Å². The molecular formula is C17H15F2N3O3S. The zero-order chi connectivity index (χ0) is 18.7. The van der Waals surface area contributed by atoms with Crippen molar-refractivity contribution in [2.75, 3.05) is 6.54 Å². The lowest BCUT2D eigenvalue weighted by atomic mass is 10.2. The molecule has 6 nitrogen and oxygen atoms in total. The molecule has 0 aliphatic rings. The Kier molecular flexibility index (Phi) is 5.10. The number of rotatable bonds is 6. The maximum Gasteiger partial charge on any atom is 0.247 e.